The van der Waals surface area contributed by atoms with Crippen LogP contribution in [0.2, 0.25) is 0 Å². The molecule has 0 saturated carbocycles. The van der Waals surface area contributed by atoms with E-state index in [1.54, 1.807) is 30.3 Å². The molecule has 0 spiro atoms. The Morgan fingerprint density at radius 2 is 2.08 bits per heavy atom. The lowest BCUT2D eigenvalue weighted by molar-refractivity contribution is 0.205. The SMILES string of the molecule is N#CNC(=O)Oc1ccccc1. The van der Waals surface area contributed by atoms with Crippen molar-refractivity contribution in [2.24, 2.45) is 0 Å². The largest absolute Gasteiger partial charge is 0.425 e. The Kier molecular flexibility index (Phi) is 2.68. The molecule has 0 aliphatic heterocycles. The number of amides is 1. The standard InChI is InChI=1S/C8H6N2O2/c9-6-10-8(11)12-7-4-2-1-3-5-7/h1-5H,(H,10,11). The fraction of sp³-hybridized carbons (Fsp3) is 0. The van der Waals surface area contributed by atoms with Crippen LogP contribution in [0.25, 0.3) is 0 Å². The van der Waals surface area contributed by atoms with Gasteiger partial charge in [0.25, 0.3) is 0 Å². The summed E-state index contributed by atoms with van der Waals surface area (Å²) in [5.74, 6) is 0.408. The van der Waals surface area contributed by atoms with Crippen LogP contribution in [0.4, 0.5) is 4.79 Å². The number of hydrogen-bond acceptors (Lipinski definition) is 3. The first-order valence-electron chi connectivity index (χ1n) is 3.25. The van der Waals surface area contributed by atoms with Crippen LogP contribution in [0, 0.1) is 11.5 Å². The third-order valence-corrected chi connectivity index (χ3v) is 1.11. The van der Waals surface area contributed by atoms with Crippen molar-refractivity contribution in [3.05, 3.63) is 30.3 Å². The molecule has 4 heteroatoms. The van der Waals surface area contributed by atoms with Crippen LogP contribution in [0.15, 0.2) is 30.3 Å². The Labute approximate surface area is 69.4 Å². The maximum Gasteiger partial charge on any atom is 0.425 e. The lowest BCUT2D eigenvalue weighted by Gasteiger charge is -1.99. The number of benzene rings is 1. The highest BCUT2D eigenvalue weighted by Gasteiger charge is 2.00. The lowest BCUT2D eigenvalue weighted by Crippen LogP contribution is -2.21. The molecule has 4 nitrogen and oxygen atoms in total. The Bertz CT molecular complexity index is 303. The zero-order chi connectivity index (χ0) is 8.81. The van der Waals surface area contributed by atoms with Crippen LogP contribution < -0.4 is 10.1 Å². The average Bonchev–Trinajstić information content (AvgIpc) is 2.06. The molecule has 0 aliphatic carbocycles. The number of ether oxygens (including phenoxy) is 1. The minimum absolute atomic E-state index is 0.408. The molecule has 0 aromatic heterocycles. The summed E-state index contributed by atoms with van der Waals surface area (Å²) in [7, 11) is 0. The number of nitrogens with zero attached hydrogens (tertiary/aromatic N) is 1. The quantitative estimate of drug-likeness (QED) is 0.499. The minimum Gasteiger partial charge on any atom is -0.410 e. The topological polar surface area (TPSA) is 62.1 Å². The number of carbonyl (C=O) groups is 1. The molecule has 0 atom stereocenters. The van der Waals surface area contributed by atoms with Crippen molar-refractivity contribution >= 4 is 6.09 Å². The second-order valence-electron chi connectivity index (χ2n) is 1.94. The fourth-order valence-electron chi connectivity index (χ4n) is 0.667. The summed E-state index contributed by atoms with van der Waals surface area (Å²) in [4.78, 5) is 10.7. The van der Waals surface area contributed by atoms with Gasteiger partial charge in [-0.3, -0.25) is 0 Å². The van der Waals surface area contributed by atoms with Gasteiger partial charge in [0.1, 0.15) is 5.75 Å². The summed E-state index contributed by atoms with van der Waals surface area (Å²) < 4.78 is 4.68. The molecule has 1 N–H and O–H groups in total. The molecular formula is C8H6N2O2. The van der Waals surface area contributed by atoms with E-state index in [0.29, 0.717) is 5.75 Å². The summed E-state index contributed by atoms with van der Waals surface area (Å²) in [5, 5.41) is 9.89. The van der Waals surface area contributed by atoms with Gasteiger partial charge in [-0.2, -0.15) is 5.26 Å². The van der Waals surface area contributed by atoms with Gasteiger partial charge in [-0.15, -0.1) is 0 Å². The van der Waals surface area contributed by atoms with Crippen LogP contribution in [-0.2, 0) is 0 Å². The molecule has 60 valence electrons. The summed E-state index contributed by atoms with van der Waals surface area (Å²) in [6, 6.07) is 8.51. The Morgan fingerprint density at radius 1 is 1.42 bits per heavy atom. The maximum absolute atomic E-state index is 10.7. The Morgan fingerprint density at radius 3 is 2.67 bits per heavy atom. The van der Waals surface area contributed by atoms with Crippen LogP contribution >= 0.6 is 0 Å². The molecular weight excluding hydrogens is 156 g/mol. The second kappa shape index (κ2) is 3.98. The summed E-state index contributed by atoms with van der Waals surface area (Å²) >= 11 is 0. The molecule has 1 aromatic carbocycles. The number of para-hydroxylation sites is 1. The molecule has 0 bridgehead atoms. The molecule has 0 aliphatic rings. The van der Waals surface area contributed by atoms with Gasteiger partial charge in [-0.05, 0) is 12.1 Å². The van der Waals surface area contributed by atoms with Gasteiger partial charge in [0.05, 0.1) is 0 Å². The molecule has 12 heavy (non-hydrogen) atoms. The first kappa shape index (κ1) is 8.08. The van der Waals surface area contributed by atoms with E-state index in [0.717, 1.165) is 0 Å². The molecule has 1 amide bonds. The van der Waals surface area contributed by atoms with Gasteiger partial charge < -0.3 is 4.74 Å². The van der Waals surface area contributed by atoms with Crippen molar-refractivity contribution in [2.45, 2.75) is 0 Å². The van der Waals surface area contributed by atoms with E-state index in [9.17, 15) is 4.79 Å². The normalized spacial score (nSPS) is 8.25. The first-order chi connectivity index (χ1) is 5.83. The maximum atomic E-state index is 10.7. The lowest BCUT2D eigenvalue weighted by atomic mass is 10.3. The highest BCUT2D eigenvalue weighted by atomic mass is 16.5. The van der Waals surface area contributed by atoms with Gasteiger partial charge in [-0.25, -0.2) is 10.1 Å². The van der Waals surface area contributed by atoms with Gasteiger partial charge in [0.15, 0.2) is 6.19 Å². The van der Waals surface area contributed by atoms with E-state index in [1.807, 2.05) is 5.32 Å². The minimum atomic E-state index is -0.774. The van der Waals surface area contributed by atoms with Crippen molar-refractivity contribution in [3.8, 4) is 11.9 Å². The van der Waals surface area contributed by atoms with E-state index < -0.39 is 6.09 Å². The van der Waals surface area contributed by atoms with E-state index in [-0.39, 0.29) is 0 Å². The Balaban J connectivity index is 2.54. The first-order valence-corrected chi connectivity index (χ1v) is 3.25. The molecule has 0 fully saturated rings. The number of rotatable bonds is 1. The third-order valence-electron chi connectivity index (χ3n) is 1.11. The van der Waals surface area contributed by atoms with E-state index in [1.165, 1.54) is 6.19 Å². The third kappa shape index (κ3) is 2.31. The smallest absolute Gasteiger partial charge is 0.410 e. The summed E-state index contributed by atoms with van der Waals surface area (Å²) in [6.07, 6.45) is 0.689. The predicted molar refractivity (Wildman–Crippen MR) is 41.2 cm³/mol. The number of nitrogens with one attached hydrogen (secondary N) is 1. The van der Waals surface area contributed by atoms with Gasteiger partial charge in [-0.1, -0.05) is 18.2 Å². The van der Waals surface area contributed by atoms with Crippen molar-refractivity contribution in [2.75, 3.05) is 0 Å². The molecule has 0 unspecified atom stereocenters. The van der Waals surface area contributed by atoms with Crippen molar-refractivity contribution in [1.29, 1.82) is 5.26 Å². The van der Waals surface area contributed by atoms with E-state index in [2.05, 4.69) is 4.74 Å². The fourth-order valence-corrected chi connectivity index (χ4v) is 0.667. The van der Waals surface area contributed by atoms with Gasteiger partial charge >= 0.3 is 6.09 Å². The monoisotopic (exact) mass is 162 g/mol. The number of carbonyl (C=O) groups excluding carboxylic acids is 1. The zero-order valence-electron chi connectivity index (χ0n) is 6.15. The van der Waals surface area contributed by atoms with Crippen molar-refractivity contribution in [3.63, 3.8) is 0 Å². The van der Waals surface area contributed by atoms with E-state index in [4.69, 9.17) is 5.26 Å². The molecule has 1 aromatic rings. The van der Waals surface area contributed by atoms with Crippen LogP contribution in [-0.4, -0.2) is 6.09 Å². The zero-order valence-corrected chi connectivity index (χ0v) is 6.15. The van der Waals surface area contributed by atoms with Crippen molar-refractivity contribution in [1.82, 2.24) is 5.32 Å². The average molecular weight is 162 g/mol. The molecule has 0 radical (unpaired) electrons. The highest BCUT2D eigenvalue weighted by molar-refractivity contribution is 5.71. The Hall–Kier alpha value is -2.02. The molecule has 0 heterocycles. The van der Waals surface area contributed by atoms with Crippen LogP contribution in [0.1, 0.15) is 0 Å². The summed E-state index contributed by atoms with van der Waals surface area (Å²) in [6.45, 7) is 0. The van der Waals surface area contributed by atoms with Crippen LogP contribution in [0.5, 0.6) is 5.75 Å². The van der Waals surface area contributed by atoms with Crippen molar-refractivity contribution < 1.29 is 9.53 Å². The van der Waals surface area contributed by atoms with Crippen LogP contribution in [0.3, 0.4) is 0 Å². The second-order valence-corrected chi connectivity index (χ2v) is 1.94. The van der Waals surface area contributed by atoms with E-state index >= 15 is 0 Å². The molecule has 0 saturated heterocycles. The highest BCUT2D eigenvalue weighted by Crippen LogP contribution is 2.07. The predicted octanol–water partition coefficient (Wildman–Crippen LogP) is 1.26. The number of hydrogen-bond donors (Lipinski definition) is 1. The van der Waals surface area contributed by atoms with Gasteiger partial charge in [0.2, 0.25) is 0 Å². The summed E-state index contributed by atoms with van der Waals surface area (Å²) in [5.41, 5.74) is 0. The number of nitriles is 1. The van der Waals surface area contributed by atoms with Gasteiger partial charge in [0, 0.05) is 0 Å². The molecule has 1 rings (SSSR count).